The van der Waals surface area contributed by atoms with Crippen LogP contribution in [0.2, 0.25) is 0 Å². The predicted octanol–water partition coefficient (Wildman–Crippen LogP) is 1.04. The lowest BCUT2D eigenvalue weighted by Gasteiger charge is -2.43. The number of hydrogen-bond acceptors (Lipinski definition) is 8. The van der Waals surface area contributed by atoms with Crippen LogP contribution in [0.3, 0.4) is 0 Å². The van der Waals surface area contributed by atoms with Crippen LogP contribution in [0.1, 0.15) is 13.8 Å². The minimum Gasteiger partial charge on any atom is -0.480 e. The maximum Gasteiger partial charge on any atom is 0.345 e. The predicted molar refractivity (Wildman–Crippen MR) is 109 cm³/mol. The van der Waals surface area contributed by atoms with Gasteiger partial charge in [0, 0.05) is 16.3 Å². The van der Waals surface area contributed by atoms with Gasteiger partial charge < -0.3 is 20.1 Å². The maximum absolute atomic E-state index is 12.8. The van der Waals surface area contributed by atoms with Crippen molar-refractivity contribution in [1.29, 1.82) is 0 Å². The van der Waals surface area contributed by atoms with Crippen LogP contribution >= 0.6 is 35.3 Å². The van der Waals surface area contributed by atoms with E-state index < -0.39 is 46.0 Å². The summed E-state index contributed by atoms with van der Waals surface area (Å²) in [5.41, 5.74) is -0.113. The summed E-state index contributed by atoms with van der Waals surface area (Å²) >= 11 is 4.12. The van der Waals surface area contributed by atoms with Crippen LogP contribution in [0.15, 0.2) is 22.5 Å². The number of hydrogen-bond donors (Lipinski definition) is 2. The fourth-order valence-corrected chi connectivity index (χ4v) is 7.43. The van der Waals surface area contributed by atoms with Gasteiger partial charge >= 0.3 is 11.9 Å². The second-order valence-electron chi connectivity index (χ2n) is 6.80. The number of rotatable bonds is 6. The number of carbonyl (C=O) groups is 4. The molecule has 3 aliphatic heterocycles. The fraction of sp³-hybridized carbons (Fsp3) is 0.529. The van der Waals surface area contributed by atoms with Gasteiger partial charge in [0.05, 0.1) is 4.24 Å². The minimum absolute atomic E-state index is 0.0265. The monoisotopic (exact) mass is 444 g/mol. The van der Waals surface area contributed by atoms with Crippen molar-refractivity contribution >= 4 is 59.0 Å². The third-order valence-corrected chi connectivity index (χ3v) is 8.76. The van der Waals surface area contributed by atoms with Crippen molar-refractivity contribution in [2.24, 2.45) is 0 Å². The first-order valence-corrected chi connectivity index (χ1v) is 11.4. The molecule has 3 atom stereocenters. The summed E-state index contributed by atoms with van der Waals surface area (Å²) < 4.78 is 4.91. The van der Waals surface area contributed by atoms with Gasteiger partial charge in [0.15, 0.2) is 0 Å². The number of amides is 2. The van der Waals surface area contributed by atoms with Gasteiger partial charge in [-0.2, -0.15) is 0 Å². The van der Waals surface area contributed by atoms with Crippen LogP contribution in [0.25, 0.3) is 0 Å². The number of ether oxygens (including phenoxy) is 1. The Balaban J connectivity index is 1.77. The molecule has 2 amide bonds. The highest BCUT2D eigenvalue weighted by Crippen LogP contribution is 2.51. The molecule has 3 aliphatic rings. The third kappa shape index (κ3) is 3.67. The number of thioether (sulfide) groups is 3. The molecule has 3 saturated heterocycles. The van der Waals surface area contributed by atoms with Crippen LogP contribution in [-0.4, -0.2) is 74.1 Å². The molecule has 152 valence electrons. The zero-order chi connectivity index (χ0) is 20.6. The second-order valence-corrected chi connectivity index (χ2v) is 11.0. The Labute approximate surface area is 174 Å². The lowest BCUT2D eigenvalue weighted by molar-refractivity contribution is -0.161. The maximum atomic E-state index is 12.8. The van der Waals surface area contributed by atoms with Gasteiger partial charge in [-0.3, -0.25) is 9.59 Å². The summed E-state index contributed by atoms with van der Waals surface area (Å²) in [6.45, 7) is 6.97. The number of carbonyl (C=O) groups excluding carboxylic acids is 3. The molecule has 3 heterocycles. The van der Waals surface area contributed by atoms with Crippen molar-refractivity contribution in [2.75, 3.05) is 18.1 Å². The summed E-state index contributed by atoms with van der Waals surface area (Å²) in [5, 5.41) is 11.6. The van der Waals surface area contributed by atoms with Crippen molar-refractivity contribution in [3.8, 4) is 0 Å². The minimum atomic E-state index is -1.08. The number of esters is 1. The molecule has 3 fully saturated rings. The highest BCUT2D eigenvalue weighted by atomic mass is 32.2. The number of carboxylic acids is 1. The summed E-state index contributed by atoms with van der Waals surface area (Å²) in [6, 6.07) is -1.83. The average molecular weight is 445 g/mol. The first-order valence-electron chi connectivity index (χ1n) is 8.50. The van der Waals surface area contributed by atoms with Gasteiger partial charge in [0.25, 0.3) is 5.91 Å². The van der Waals surface area contributed by atoms with E-state index in [0.717, 1.165) is 11.5 Å². The molecule has 3 unspecified atom stereocenters. The summed E-state index contributed by atoms with van der Waals surface area (Å²) in [4.78, 5) is 50.6. The average Bonchev–Trinajstić information content (AvgIpc) is 3.22. The van der Waals surface area contributed by atoms with Gasteiger partial charge in [-0.05, 0) is 13.8 Å². The Morgan fingerprint density at radius 1 is 1.36 bits per heavy atom. The number of nitrogens with zero attached hydrogens (tertiary/aromatic N) is 1. The summed E-state index contributed by atoms with van der Waals surface area (Å²) in [6.07, 6.45) is 1.41. The van der Waals surface area contributed by atoms with Crippen molar-refractivity contribution < 1.29 is 29.0 Å². The van der Waals surface area contributed by atoms with Crippen LogP contribution in [0.4, 0.5) is 0 Å². The van der Waals surface area contributed by atoms with E-state index >= 15 is 0 Å². The Kier molecular flexibility index (Phi) is 6.06. The Bertz CT molecular complexity index is 773. The van der Waals surface area contributed by atoms with Gasteiger partial charge in [-0.1, -0.05) is 12.7 Å². The normalized spacial score (nSPS) is 27.6. The third-order valence-electron chi connectivity index (χ3n) is 4.48. The molecule has 0 aromatic rings. The molecule has 0 spiro atoms. The van der Waals surface area contributed by atoms with E-state index in [9.17, 15) is 24.3 Å². The largest absolute Gasteiger partial charge is 0.480 e. The molecule has 3 rings (SSSR count). The number of fused-ring (bicyclic) bond motifs is 1. The van der Waals surface area contributed by atoms with E-state index in [0.29, 0.717) is 4.24 Å². The Morgan fingerprint density at radius 3 is 2.57 bits per heavy atom. The first-order chi connectivity index (χ1) is 13.2. The number of β-lactam (4-membered cyclic amide) rings is 1. The van der Waals surface area contributed by atoms with Crippen LogP contribution in [0, 0.1) is 0 Å². The lowest BCUT2D eigenvalue weighted by Crippen LogP contribution is -2.70. The molecule has 2 N–H and O–H groups in total. The standard InChI is InChI=1S/C17H20N2O6S3/c1-4-5-25-15(24)8(16-26-6-7-27-16)11(20)18-9-12(21)19-10(14(22)23)17(2,3)28-13(9)19/h4,9-10,13H,1,5-7H2,2-3H3,(H,18,20)(H,22,23). The molecular formula is C17H20N2O6S3. The molecule has 11 heteroatoms. The van der Waals surface area contributed by atoms with Gasteiger partial charge in [-0.15, -0.1) is 35.3 Å². The number of nitrogens with one attached hydrogen (secondary N) is 1. The van der Waals surface area contributed by atoms with E-state index in [1.54, 1.807) is 13.8 Å². The van der Waals surface area contributed by atoms with Crippen molar-refractivity contribution in [2.45, 2.75) is 36.1 Å². The topological polar surface area (TPSA) is 113 Å². The molecule has 0 aromatic carbocycles. The highest BCUT2D eigenvalue weighted by molar-refractivity contribution is 8.25. The molecule has 8 nitrogen and oxygen atoms in total. The zero-order valence-electron chi connectivity index (χ0n) is 15.3. The first kappa shape index (κ1) is 21.1. The van der Waals surface area contributed by atoms with E-state index in [2.05, 4.69) is 11.9 Å². The molecule has 0 aromatic heterocycles. The van der Waals surface area contributed by atoms with E-state index in [4.69, 9.17) is 4.74 Å². The molecule has 0 bridgehead atoms. The quantitative estimate of drug-likeness (QED) is 0.155. The zero-order valence-corrected chi connectivity index (χ0v) is 17.7. The van der Waals surface area contributed by atoms with E-state index in [-0.39, 0.29) is 12.2 Å². The Hall–Kier alpha value is -1.59. The number of carboxylic acid groups (broad SMARTS) is 1. The van der Waals surface area contributed by atoms with Crippen LogP contribution in [0.5, 0.6) is 0 Å². The fourth-order valence-electron chi connectivity index (χ4n) is 3.29. The van der Waals surface area contributed by atoms with Gasteiger partial charge in [0.2, 0.25) is 5.91 Å². The SMILES string of the molecule is C=CCOC(=O)C(C(=O)NC1C(=O)N2C1SC(C)(C)C2C(=O)O)=C1SCCS1. The summed E-state index contributed by atoms with van der Waals surface area (Å²) in [5.74, 6) is -1.43. The molecule has 0 aliphatic carbocycles. The number of aliphatic carboxylic acids is 1. The Morgan fingerprint density at radius 2 is 2.00 bits per heavy atom. The van der Waals surface area contributed by atoms with Crippen LogP contribution < -0.4 is 5.32 Å². The molecule has 0 radical (unpaired) electrons. The van der Waals surface area contributed by atoms with Crippen molar-refractivity contribution in [3.05, 3.63) is 22.5 Å². The van der Waals surface area contributed by atoms with E-state index in [1.807, 2.05) is 0 Å². The van der Waals surface area contributed by atoms with Gasteiger partial charge in [0.1, 0.15) is 29.6 Å². The highest BCUT2D eigenvalue weighted by Gasteiger charge is 2.64. The van der Waals surface area contributed by atoms with E-state index in [1.165, 1.54) is 46.3 Å². The molecule has 0 saturated carbocycles. The van der Waals surface area contributed by atoms with Gasteiger partial charge in [-0.25, -0.2) is 9.59 Å². The lowest BCUT2D eigenvalue weighted by atomic mass is 9.96. The summed E-state index contributed by atoms with van der Waals surface area (Å²) in [7, 11) is 0. The van der Waals surface area contributed by atoms with Crippen molar-refractivity contribution in [1.82, 2.24) is 10.2 Å². The second kappa shape index (κ2) is 8.03. The van der Waals surface area contributed by atoms with Crippen LogP contribution in [-0.2, 0) is 23.9 Å². The van der Waals surface area contributed by atoms with Crippen molar-refractivity contribution in [3.63, 3.8) is 0 Å². The smallest absolute Gasteiger partial charge is 0.345 e. The molecular weight excluding hydrogens is 424 g/mol. The molecule has 28 heavy (non-hydrogen) atoms.